The zero-order valence-electron chi connectivity index (χ0n) is 9.01. The Hall–Kier alpha value is -1.16. The van der Waals surface area contributed by atoms with Crippen molar-refractivity contribution in [3.63, 3.8) is 0 Å². The maximum Gasteiger partial charge on any atom is 0.131 e. The maximum atomic E-state index is 13.5. The topological polar surface area (TPSA) is 12.5 Å². The number of hydrogen-bond donors (Lipinski definition) is 0. The van der Waals surface area contributed by atoms with Crippen LogP contribution >= 0.6 is 0 Å². The summed E-state index contributed by atoms with van der Waals surface area (Å²) in [6, 6.07) is 2.74. The lowest BCUT2D eigenvalue weighted by atomic mass is 10.1. The number of halogens is 2. The van der Waals surface area contributed by atoms with Crippen molar-refractivity contribution >= 4 is 5.69 Å². The van der Waals surface area contributed by atoms with Crippen LogP contribution < -0.4 is 4.90 Å². The summed E-state index contributed by atoms with van der Waals surface area (Å²) in [5.74, 6) is -1.03. The molecule has 0 aromatic heterocycles. The molecular weight excluding hydrogens is 212 g/mol. The Balaban J connectivity index is 2.28. The van der Waals surface area contributed by atoms with Gasteiger partial charge < -0.3 is 9.64 Å². The van der Waals surface area contributed by atoms with E-state index in [0.717, 1.165) is 0 Å². The normalized spacial score (nSPS) is 16.6. The molecule has 0 saturated carbocycles. The summed E-state index contributed by atoms with van der Waals surface area (Å²) in [5, 5.41) is 0. The van der Waals surface area contributed by atoms with Crippen LogP contribution in [0.4, 0.5) is 14.5 Å². The average molecular weight is 226 g/mol. The summed E-state index contributed by atoms with van der Waals surface area (Å²) < 4.78 is 32.2. The van der Waals surface area contributed by atoms with Crippen LogP contribution in [0.15, 0.2) is 12.1 Å². The minimum Gasteiger partial charge on any atom is -0.378 e. The van der Waals surface area contributed by atoms with Crippen LogP contribution in [-0.4, -0.2) is 26.3 Å². The van der Waals surface area contributed by atoms with Crippen LogP contribution in [0.25, 0.3) is 0 Å². The van der Waals surface area contributed by atoms with Crippen molar-refractivity contribution < 1.29 is 13.5 Å². The van der Waals surface area contributed by atoms with Crippen LogP contribution in [0.2, 0.25) is 0 Å². The molecule has 0 aliphatic carbocycles. The zero-order chi connectivity index (χ0) is 11.5. The summed E-state index contributed by atoms with van der Waals surface area (Å²) in [5.41, 5.74) is 0.632. The van der Waals surface area contributed by atoms with Gasteiger partial charge in [-0.05, 0) is 25.5 Å². The number of benzene rings is 1. The van der Waals surface area contributed by atoms with E-state index in [4.69, 9.17) is 4.74 Å². The first-order valence-corrected chi connectivity index (χ1v) is 5.32. The van der Waals surface area contributed by atoms with Crippen molar-refractivity contribution in [2.45, 2.75) is 6.42 Å². The molecule has 1 aliphatic heterocycles. The second-order valence-corrected chi connectivity index (χ2v) is 3.74. The smallest absolute Gasteiger partial charge is 0.131 e. The lowest BCUT2D eigenvalue weighted by Gasteiger charge is -2.29. The highest BCUT2D eigenvalue weighted by Crippen LogP contribution is 2.23. The highest BCUT2D eigenvalue weighted by Gasteiger charge is 2.15. The SMILES string of the molecule is [CH2]Cc1c(F)cc(N2CCOCC2)cc1F. The van der Waals surface area contributed by atoms with Crippen molar-refractivity contribution in [1.29, 1.82) is 0 Å². The van der Waals surface area contributed by atoms with E-state index in [1.807, 2.05) is 4.90 Å². The summed E-state index contributed by atoms with van der Waals surface area (Å²) >= 11 is 0. The van der Waals surface area contributed by atoms with Gasteiger partial charge in [0.1, 0.15) is 11.6 Å². The highest BCUT2D eigenvalue weighted by molar-refractivity contribution is 5.49. The molecule has 1 radical (unpaired) electrons. The molecule has 4 heteroatoms. The van der Waals surface area contributed by atoms with Gasteiger partial charge >= 0.3 is 0 Å². The van der Waals surface area contributed by atoms with Gasteiger partial charge in [0.15, 0.2) is 0 Å². The Morgan fingerprint density at radius 1 is 1.19 bits per heavy atom. The fourth-order valence-corrected chi connectivity index (χ4v) is 1.83. The minimum absolute atomic E-state index is 0.0528. The maximum absolute atomic E-state index is 13.5. The fourth-order valence-electron chi connectivity index (χ4n) is 1.83. The molecule has 87 valence electrons. The Morgan fingerprint density at radius 3 is 2.25 bits per heavy atom. The summed E-state index contributed by atoms with van der Waals surface area (Å²) in [7, 11) is 0. The molecule has 0 unspecified atom stereocenters. The fraction of sp³-hybridized carbons (Fsp3) is 0.417. The quantitative estimate of drug-likeness (QED) is 0.766. The zero-order valence-corrected chi connectivity index (χ0v) is 9.01. The predicted octanol–water partition coefficient (Wildman–Crippen LogP) is 2.18. The van der Waals surface area contributed by atoms with Gasteiger partial charge in [-0.25, -0.2) is 8.78 Å². The molecule has 0 N–H and O–H groups in total. The van der Waals surface area contributed by atoms with Crippen molar-refractivity contribution in [3.05, 3.63) is 36.3 Å². The Morgan fingerprint density at radius 2 is 1.75 bits per heavy atom. The van der Waals surface area contributed by atoms with Gasteiger partial charge in [0.2, 0.25) is 0 Å². The van der Waals surface area contributed by atoms with Crippen molar-refractivity contribution in [2.24, 2.45) is 0 Å². The van der Waals surface area contributed by atoms with Crippen LogP contribution in [0.3, 0.4) is 0 Å². The third kappa shape index (κ3) is 2.16. The number of nitrogens with zero attached hydrogens (tertiary/aromatic N) is 1. The number of ether oxygens (including phenoxy) is 1. The van der Waals surface area contributed by atoms with Crippen LogP contribution in [0.1, 0.15) is 5.56 Å². The molecule has 1 heterocycles. The largest absolute Gasteiger partial charge is 0.378 e. The monoisotopic (exact) mass is 226 g/mol. The second kappa shape index (κ2) is 4.78. The summed E-state index contributed by atoms with van der Waals surface area (Å²) in [6.45, 7) is 6.04. The molecule has 1 saturated heterocycles. The van der Waals surface area contributed by atoms with Crippen LogP contribution in [0, 0.1) is 18.6 Å². The number of rotatable bonds is 2. The molecule has 0 bridgehead atoms. The first-order chi connectivity index (χ1) is 7.72. The molecule has 2 rings (SSSR count). The van der Waals surface area contributed by atoms with E-state index in [2.05, 4.69) is 6.92 Å². The standard InChI is InChI=1S/C12H14F2NO/c1-2-10-11(13)7-9(8-12(10)14)15-3-5-16-6-4-15/h7-8H,1-6H2. The third-order valence-electron chi connectivity index (χ3n) is 2.75. The molecule has 1 aliphatic rings. The van der Waals surface area contributed by atoms with Gasteiger partial charge in [0, 0.05) is 24.3 Å². The molecule has 16 heavy (non-hydrogen) atoms. The molecule has 1 fully saturated rings. The van der Waals surface area contributed by atoms with Crippen molar-refractivity contribution in [1.82, 2.24) is 0 Å². The van der Waals surface area contributed by atoms with Crippen molar-refractivity contribution in [2.75, 3.05) is 31.2 Å². The first kappa shape index (κ1) is 11.3. The van der Waals surface area contributed by atoms with Crippen LogP contribution in [0.5, 0.6) is 0 Å². The van der Waals surface area contributed by atoms with Gasteiger partial charge in [-0.1, -0.05) is 0 Å². The molecule has 0 atom stereocenters. The van der Waals surface area contributed by atoms with E-state index in [-0.39, 0.29) is 12.0 Å². The summed E-state index contributed by atoms with van der Waals surface area (Å²) in [6.07, 6.45) is 0.126. The van der Waals surface area contributed by atoms with Gasteiger partial charge in [-0.2, -0.15) is 0 Å². The minimum atomic E-state index is -0.517. The first-order valence-electron chi connectivity index (χ1n) is 5.32. The van der Waals surface area contributed by atoms with E-state index >= 15 is 0 Å². The Bertz CT molecular complexity index is 352. The van der Waals surface area contributed by atoms with Crippen molar-refractivity contribution in [3.8, 4) is 0 Å². The number of morpholine rings is 1. The van der Waals surface area contributed by atoms with Gasteiger partial charge in [0.25, 0.3) is 0 Å². The highest BCUT2D eigenvalue weighted by atomic mass is 19.1. The summed E-state index contributed by atoms with van der Waals surface area (Å²) in [4.78, 5) is 1.92. The molecule has 0 amide bonds. The van der Waals surface area contributed by atoms with E-state index < -0.39 is 11.6 Å². The Kier molecular flexibility index (Phi) is 3.39. The van der Waals surface area contributed by atoms with E-state index in [9.17, 15) is 8.78 Å². The lowest BCUT2D eigenvalue weighted by Crippen LogP contribution is -2.36. The molecule has 1 aromatic rings. The lowest BCUT2D eigenvalue weighted by molar-refractivity contribution is 0.122. The average Bonchev–Trinajstić information content (AvgIpc) is 2.30. The van der Waals surface area contributed by atoms with Crippen LogP contribution in [-0.2, 0) is 11.2 Å². The van der Waals surface area contributed by atoms with Gasteiger partial charge in [-0.3, -0.25) is 0 Å². The Labute approximate surface area is 93.8 Å². The molecular formula is C12H14F2NO. The second-order valence-electron chi connectivity index (χ2n) is 3.74. The predicted molar refractivity (Wildman–Crippen MR) is 58.5 cm³/mol. The van der Waals surface area contributed by atoms with E-state index in [1.54, 1.807) is 0 Å². The molecule has 0 spiro atoms. The van der Waals surface area contributed by atoms with Gasteiger partial charge in [-0.15, -0.1) is 0 Å². The van der Waals surface area contributed by atoms with Gasteiger partial charge in [0.05, 0.1) is 13.2 Å². The van der Waals surface area contributed by atoms with E-state index in [0.29, 0.717) is 32.0 Å². The number of anilines is 1. The van der Waals surface area contributed by atoms with E-state index in [1.165, 1.54) is 12.1 Å². The molecule has 2 nitrogen and oxygen atoms in total. The third-order valence-corrected chi connectivity index (χ3v) is 2.75. The molecule has 1 aromatic carbocycles. The number of hydrogen-bond acceptors (Lipinski definition) is 2.